The normalized spacial score (nSPS) is 25.0. The highest BCUT2D eigenvalue weighted by Gasteiger charge is 2.20. The number of nitrogens with zero attached hydrogens (tertiary/aromatic N) is 3. The summed E-state index contributed by atoms with van der Waals surface area (Å²) in [4.78, 5) is 11.4. The van der Waals surface area contributed by atoms with E-state index in [0.717, 1.165) is 68.7 Å². The van der Waals surface area contributed by atoms with Gasteiger partial charge in [-0.1, -0.05) is 0 Å². The van der Waals surface area contributed by atoms with Crippen molar-refractivity contribution >= 4 is 22.4 Å². The molecular weight excluding hydrogens is 302 g/mol. The van der Waals surface area contributed by atoms with E-state index in [2.05, 4.69) is 32.3 Å². The number of benzene rings is 1. The van der Waals surface area contributed by atoms with E-state index in [9.17, 15) is 0 Å². The lowest BCUT2D eigenvalue weighted by atomic mass is 9.91. The molecule has 0 spiro atoms. The van der Waals surface area contributed by atoms with E-state index in [1.807, 2.05) is 0 Å². The third kappa shape index (κ3) is 3.30. The van der Waals surface area contributed by atoms with Gasteiger partial charge in [-0.05, 0) is 37.8 Å². The van der Waals surface area contributed by atoms with E-state index >= 15 is 0 Å². The fourth-order valence-electron chi connectivity index (χ4n) is 3.66. The van der Waals surface area contributed by atoms with Crippen molar-refractivity contribution < 1.29 is 4.74 Å². The van der Waals surface area contributed by atoms with Crippen LogP contribution in [0.5, 0.6) is 0 Å². The van der Waals surface area contributed by atoms with Crippen molar-refractivity contribution in [3.63, 3.8) is 0 Å². The molecule has 0 bridgehead atoms. The Morgan fingerprint density at radius 1 is 1.04 bits per heavy atom. The van der Waals surface area contributed by atoms with Crippen LogP contribution in [0.25, 0.3) is 11.0 Å². The molecule has 3 N–H and O–H groups in total. The summed E-state index contributed by atoms with van der Waals surface area (Å²) in [6, 6.07) is 5.18. The third-order valence-electron chi connectivity index (χ3n) is 5.07. The molecule has 0 unspecified atom stereocenters. The van der Waals surface area contributed by atoms with Crippen LogP contribution in [0.3, 0.4) is 0 Å². The molecule has 1 aliphatic heterocycles. The molecule has 128 valence electrons. The maximum absolute atomic E-state index is 6.03. The molecule has 1 aromatic heterocycles. The molecule has 2 fully saturated rings. The van der Waals surface area contributed by atoms with Crippen LogP contribution >= 0.6 is 0 Å². The Hall–Kier alpha value is -1.92. The average molecular weight is 327 g/mol. The summed E-state index contributed by atoms with van der Waals surface area (Å²) in [5.74, 6) is 0. The summed E-state index contributed by atoms with van der Waals surface area (Å²) >= 11 is 0. The highest BCUT2D eigenvalue weighted by Crippen LogP contribution is 2.30. The first kappa shape index (κ1) is 15.6. The number of hydrogen-bond donors (Lipinski definition) is 2. The first-order valence-electron chi connectivity index (χ1n) is 8.89. The minimum Gasteiger partial charge on any atom is -0.380 e. The highest BCUT2D eigenvalue weighted by atomic mass is 16.5. The number of nitrogens with one attached hydrogen (secondary N) is 1. The molecule has 0 atom stereocenters. The van der Waals surface area contributed by atoms with Gasteiger partial charge in [-0.2, -0.15) is 0 Å². The maximum atomic E-state index is 6.03. The zero-order chi connectivity index (χ0) is 16.4. The SMILES string of the molecule is NC1CCC(Nc2cc(N3CCOCC3)cc3nccnc23)CC1. The van der Waals surface area contributed by atoms with Gasteiger partial charge in [-0.3, -0.25) is 9.97 Å². The number of anilines is 2. The first-order chi connectivity index (χ1) is 11.8. The van der Waals surface area contributed by atoms with Gasteiger partial charge in [0.25, 0.3) is 0 Å². The Kier molecular flexibility index (Phi) is 4.49. The molecule has 1 aliphatic carbocycles. The highest BCUT2D eigenvalue weighted by molar-refractivity contribution is 5.91. The second kappa shape index (κ2) is 6.91. The van der Waals surface area contributed by atoms with E-state index < -0.39 is 0 Å². The average Bonchev–Trinajstić information content (AvgIpc) is 2.64. The van der Waals surface area contributed by atoms with Gasteiger partial charge in [-0.25, -0.2) is 0 Å². The quantitative estimate of drug-likeness (QED) is 0.899. The summed E-state index contributed by atoms with van der Waals surface area (Å²) in [5, 5.41) is 3.71. The van der Waals surface area contributed by atoms with Crippen LogP contribution in [-0.2, 0) is 4.74 Å². The van der Waals surface area contributed by atoms with Crippen molar-refractivity contribution in [2.75, 3.05) is 36.5 Å². The van der Waals surface area contributed by atoms with Crippen LogP contribution in [0.1, 0.15) is 25.7 Å². The molecule has 1 aromatic carbocycles. The lowest BCUT2D eigenvalue weighted by Crippen LogP contribution is -2.36. The van der Waals surface area contributed by atoms with Gasteiger partial charge in [0.2, 0.25) is 0 Å². The van der Waals surface area contributed by atoms with E-state index in [1.54, 1.807) is 12.4 Å². The number of morpholine rings is 1. The summed E-state index contributed by atoms with van der Waals surface area (Å²) in [6.45, 7) is 3.40. The van der Waals surface area contributed by atoms with E-state index in [1.165, 1.54) is 5.69 Å². The molecule has 6 heteroatoms. The van der Waals surface area contributed by atoms with Gasteiger partial charge in [0.05, 0.1) is 24.4 Å². The number of aromatic nitrogens is 2. The van der Waals surface area contributed by atoms with Gasteiger partial charge in [-0.15, -0.1) is 0 Å². The van der Waals surface area contributed by atoms with Crippen molar-refractivity contribution in [2.45, 2.75) is 37.8 Å². The van der Waals surface area contributed by atoms with Crippen molar-refractivity contribution in [1.82, 2.24) is 9.97 Å². The largest absolute Gasteiger partial charge is 0.380 e. The van der Waals surface area contributed by atoms with Crippen LogP contribution in [0.15, 0.2) is 24.5 Å². The van der Waals surface area contributed by atoms with Crippen LogP contribution < -0.4 is 16.0 Å². The fraction of sp³-hybridized carbons (Fsp3) is 0.556. The summed E-state index contributed by atoms with van der Waals surface area (Å²) in [5.41, 5.74) is 10.2. The van der Waals surface area contributed by atoms with E-state index in [4.69, 9.17) is 10.5 Å². The molecular formula is C18H25N5O. The number of fused-ring (bicyclic) bond motifs is 1. The molecule has 0 amide bonds. The minimum absolute atomic E-state index is 0.360. The Balaban J connectivity index is 1.64. The van der Waals surface area contributed by atoms with Crippen molar-refractivity contribution in [2.24, 2.45) is 5.73 Å². The number of rotatable bonds is 3. The number of nitrogens with two attached hydrogens (primary N) is 1. The number of ether oxygens (including phenoxy) is 1. The Morgan fingerprint density at radius 2 is 1.79 bits per heavy atom. The molecule has 24 heavy (non-hydrogen) atoms. The van der Waals surface area contributed by atoms with E-state index in [0.29, 0.717) is 12.1 Å². The van der Waals surface area contributed by atoms with Crippen LogP contribution in [0.4, 0.5) is 11.4 Å². The lowest BCUT2D eigenvalue weighted by molar-refractivity contribution is 0.122. The smallest absolute Gasteiger partial charge is 0.112 e. The lowest BCUT2D eigenvalue weighted by Gasteiger charge is -2.31. The van der Waals surface area contributed by atoms with Crippen molar-refractivity contribution in [3.05, 3.63) is 24.5 Å². The molecule has 2 aliphatic rings. The molecule has 0 radical (unpaired) electrons. The summed E-state index contributed by atoms with van der Waals surface area (Å²) < 4.78 is 5.47. The molecule has 2 heterocycles. The molecule has 4 rings (SSSR count). The third-order valence-corrected chi connectivity index (χ3v) is 5.07. The zero-order valence-electron chi connectivity index (χ0n) is 13.9. The molecule has 1 saturated heterocycles. The van der Waals surface area contributed by atoms with Crippen LogP contribution in [0.2, 0.25) is 0 Å². The monoisotopic (exact) mass is 327 g/mol. The van der Waals surface area contributed by atoms with Crippen molar-refractivity contribution in [1.29, 1.82) is 0 Å². The van der Waals surface area contributed by atoms with Crippen molar-refractivity contribution in [3.8, 4) is 0 Å². The second-order valence-corrected chi connectivity index (χ2v) is 6.77. The van der Waals surface area contributed by atoms with Gasteiger partial charge in [0, 0.05) is 43.3 Å². The van der Waals surface area contributed by atoms with Crippen LogP contribution in [0, 0.1) is 0 Å². The molecule has 1 saturated carbocycles. The first-order valence-corrected chi connectivity index (χ1v) is 8.89. The fourth-order valence-corrected chi connectivity index (χ4v) is 3.66. The Labute approximate surface area is 142 Å². The van der Waals surface area contributed by atoms with Gasteiger partial charge in [0.1, 0.15) is 5.52 Å². The maximum Gasteiger partial charge on any atom is 0.112 e. The summed E-state index contributed by atoms with van der Waals surface area (Å²) in [6.07, 6.45) is 7.93. The molecule has 6 nitrogen and oxygen atoms in total. The molecule has 2 aromatic rings. The summed E-state index contributed by atoms with van der Waals surface area (Å²) in [7, 11) is 0. The predicted molar refractivity (Wildman–Crippen MR) is 96.4 cm³/mol. The zero-order valence-corrected chi connectivity index (χ0v) is 13.9. The van der Waals surface area contributed by atoms with Gasteiger partial charge in [0.15, 0.2) is 0 Å². The Morgan fingerprint density at radius 3 is 2.58 bits per heavy atom. The second-order valence-electron chi connectivity index (χ2n) is 6.77. The number of hydrogen-bond acceptors (Lipinski definition) is 6. The topological polar surface area (TPSA) is 76.3 Å². The predicted octanol–water partition coefficient (Wildman–Crippen LogP) is 2.15. The minimum atomic E-state index is 0.360. The van der Waals surface area contributed by atoms with Gasteiger partial charge < -0.3 is 20.7 Å². The van der Waals surface area contributed by atoms with Crippen LogP contribution in [-0.4, -0.2) is 48.4 Å². The standard InChI is InChI=1S/C18H25N5O/c19-13-1-3-14(4-2-13)22-17-12-15(23-7-9-24-10-8-23)11-16-18(17)21-6-5-20-16/h5-6,11-14,22H,1-4,7-10,19H2. The van der Waals surface area contributed by atoms with Gasteiger partial charge >= 0.3 is 0 Å². The Bertz CT molecular complexity index is 693. The van der Waals surface area contributed by atoms with E-state index in [-0.39, 0.29) is 0 Å².